The molecule has 0 aromatic heterocycles. The van der Waals surface area contributed by atoms with Crippen molar-refractivity contribution in [3.05, 3.63) is 29.3 Å². The molecule has 0 bridgehead atoms. The number of benzene rings is 1. The molecule has 1 aromatic rings. The van der Waals surface area contributed by atoms with Crippen molar-refractivity contribution in [2.75, 3.05) is 27.0 Å². The Morgan fingerprint density at radius 2 is 1.78 bits per heavy atom. The second-order valence-electron chi connectivity index (χ2n) is 3.42. The predicted molar refractivity (Wildman–Crippen MR) is 68.4 cm³/mol. The molecule has 0 fully saturated rings. The van der Waals surface area contributed by atoms with Crippen molar-refractivity contribution in [3.63, 3.8) is 0 Å². The van der Waals surface area contributed by atoms with E-state index in [1.54, 1.807) is 24.3 Å². The summed E-state index contributed by atoms with van der Waals surface area (Å²) >= 11 is 5.71. The summed E-state index contributed by atoms with van der Waals surface area (Å²) in [5, 5.41) is 0.581. The van der Waals surface area contributed by atoms with Gasteiger partial charge in [-0.3, -0.25) is 9.36 Å². The molecule has 0 radical (unpaired) electrons. The van der Waals surface area contributed by atoms with Crippen LogP contribution >= 0.6 is 19.2 Å². The normalized spacial score (nSPS) is 11.3. The van der Waals surface area contributed by atoms with Crippen LogP contribution in [-0.2, 0) is 18.4 Å². The van der Waals surface area contributed by atoms with Crippen LogP contribution in [0.4, 0.5) is 0 Å². The molecule has 0 spiro atoms. The molecule has 0 heterocycles. The van der Waals surface area contributed by atoms with Crippen molar-refractivity contribution in [3.8, 4) is 5.75 Å². The fourth-order valence-electron chi connectivity index (χ4n) is 1.16. The molecule has 0 aliphatic rings. The van der Waals surface area contributed by atoms with Crippen LogP contribution < -0.4 is 4.74 Å². The summed E-state index contributed by atoms with van der Waals surface area (Å²) < 4.78 is 26.2. The molecular weight excluding hydrogens is 279 g/mol. The summed E-state index contributed by atoms with van der Waals surface area (Å²) in [6.45, 7) is -0.196. The lowest BCUT2D eigenvalue weighted by Gasteiger charge is -2.12. The third kappa shape index (κ3) is 4.78. The smallest absolute Gasteiger partial charge is 0.337 e. The number of ketones is 1. The Morgan fingerprint density at radius 1 is 1.22 bits per heavy atom. The highest BCUT2D eigenvalue weighted by atomic mass is 35.5. The van der Waals surface area contributed by atoms with Crippen molar-refractivity contribution < 1.29 is 23.1 Å². The summed E-state index contributed by atoms with van der Waals surface area (Å²) in [6.07, 6.45) is -0.312. The molecule has 18 heavy (non-hydrogen) atoms. The molecular formula is C11H14ClO5P. The van der Waals surface area contributed by atoms with Crippen LogP contribution in [0.5, 0.6) is 5.75 Å². The van der Waals surface area contributed by atoms with E-state index in [1.807, 2.05) is 0 Å². The SMILES string of the molecule is COP(=O)(CC(=O)COc1ccc(Cl)cc1)OC. The minimum atomic E-state index is -3.32. The molecule has 0 saturated heterocycles. The van der Waals surface area contributed by atoms with Crippen molar-refractivity contribution in [2.45, 2.75) is 0 Å². The van der Waals surface area contributed by atoms with E-state index in [2.05, 4.69) is 9.05 Å². The molecule has 0 aliphatic heterocycles. The maximum absolute atomic E-state index is 11.7. The first-order valence-electron chi connectivity index (χ1n) is 5.09. The van der Waals surface area contributed by atoms with E-state index in [0.29, 0.717) is 10.8 Å². The standard InChI is InChI=1S/C11H14ClO5P/c1-15-18(14,16-2)8-10(13)7-17-11-5-3-9(12)4-6-11/h3-6H,7-8H2,1-2H3. The summed E-state index contributed by atoms with van der Waals surface area (Å²) in [5.74, 6) is 0.148. The number of Topliss-reactive ketones (excluding diaryl/α,β-unsaturated/α-hetero) is 1. The monoisotopic (exact) mass is 292 g/mol. The number of hydrogen-bond acceptors (Lipinski definition) is 5. The molecule has 1 aromatic carbocycles. The minimum absolute atomic E-state index is 0.196. The van der Waals surface area contributed by atoms with Gasteiger partial charge in [0.05, 0.1) is 0 Å². The predicted octanol–water partition coefficient (Wildman–Crippen LogP) is 2.77. The van der Waals surface area contributed by atoms with Gasteiger partial charge in [0.15, 0.2) is 5.78 Å². The third-order valence-corrected chi connectivity index (χ3v) is 4.24. The fourth-order valence-corrected chi connectivity index (χ4v) is 2.22. The van der Waals surface area contributed by atoms with Crippen molar-refractivity contribution in [1.82, 2.24) is 0 Å². The van der Waals surface area contributed by atoms with Crippen LogP contribution in [0.25, 0.3) is 0 Å². The summed E-state index contributed by atoms with van der Waals surface area (Å²) in [4.78, 5) is 11.5. The Balaban J connectivity index is 2.46. The number of carbonyl (C=O) groups excluding carboxylic acids is 1. The second-order valence-corrected chi connectivity index (χ2v) is 6.12. The average molecular weight is 293 g/mol. The summed E-state index contributed by atoms with van der Waals surface area (Å²) in [7, 11) is -0.850. The third-order valence-electron chi connectivity index (χ3n) is 2.14. The Hall–Kier alpha value is -0.870. The van der Waals surface area contributed by atoms with Crippen LogP contribution in [0.2, 0.25) is 5.02 Å². The van der Waals surface area contributed by atoms with Crippen LogP contribution in [0.1, 0.15) is 0 Å². The second kappa shape index (κ2) is 6.90. The van der Waals surface area contributed by atoms with Gasteiger partial charge in [-0.05, 0) is 24.3 Å². The topological polar surface area (TPSA) is 61.8 Å². The number of carbonyl (C=O) groups is 1. The number of ether oxygens (including phenoxy) is 1. The van der Waals surface area contributed by atoms with E-state index in [1.165, 1.54) is 14.2 Å². The highest BCUT2D eigenvalue weighted by Crippen LogP contribution is 2.45. The molecule has 0 unspecified atom stereocenters. The molecule has 7 heteroatoms. The Morgan fingerprint density at radius 3 is 2.28 bits per heavy atom. The highest BCUT2D eigenvalue weighted by molar-refractivity contribution is 7.54. The van der Waals surface area contributed by atoms with E-state index in [0.717, 1.165) is 0 Å². The maximum Gasteiger partial charge on any atom is 0.337 e. The summed E-state index contributed by atoms with van der Waals surface area (Å²) in [6, 6.07) is 6.58. The average Bonchev–Trinajstić information content (AvgIpc) is 2.38. The van der Waals surface area contributed by atoms with Crippen molar-refractivity contribution in [1.29, 1.82) is 0 Å². The number of rotatable bonds is 7. The largest absolute Gasteiger partial charge is 0.486 e. The van der Waals surface area contributed by atoms with Crippen LogP contribution in [0.3, 0.4) is 0 Å². The van der Waals surface area contributed by atoms with Gasteiger partial charge < -0.3 is 13.8 Å². The van der Waals surface area contributed by atoms with Gasteiger partial charge >= 0.3 is 7.60 Å². The number of hydrogen-bond donors (Lipinski definition) is 0. The fraction of sp³-hybridized carbons (Fsp3) is 0.364. The first-order valence-corrected chi connectivity index (χ1v) is 7.20. The van der Waals surface area contributed by atoms with Gasteiger partial charge in [-0.1, -0.05) is 11.6 Å². The van der Waals surface area contributed by atoms with Crippen LogP contribution in [-0.4, -0.2) is 32.8 Å². The molecule has 1 rings (SSSR count). The van der Waals surface area contributed by atoms with Gasteiger partial charge in [0.25, 0.3) is 0 Å². The molecule has 0 saturated carbocycles. The quantitative estimate of drug-likeness (QED) is 0.723. The lowest BCUT2D eigenvalue weighted by atomic mass is 10.3. The van der Waals surface area contributed by atoms with E-state index in [-0.39, 0.29) is 18.6 Å². The van der Waals surface area contributed by atoms with E-state index in [9.17, 15) is 9.36 Å². The zero-order valence-electron chi connectivity index (χ0n) is 10.1. The van der Waals surface area contributed by atoms with Crippen molar-refractivity contribution in [2.24, 2.45) is 0 Å². The number of halogens is 1. The molecule has 100 valence electrons. The van der Waals surface area contributed by atoms with Gasteiger partial charge in [-0.2, -0.15) is 0 Å². The van der Waals surface area contributed by atoms with E-state index < -0.39 is 7.60 Å². The van der Waals surface area contributed by atoms with Crippen LogP contribution in [0, 0.1) is 0 Å². The maximum atomic E-state index is 11.7. The van der Waals surface area contributed by atoms with Gasteiger partial charge in [0.1, 0.15) is 18.5 Å². The molecule has 5 nitrogen and oxygen atoms in total. The first kappa shape index (κ1) is 15.2. The lowest BCUT2D eigenvalue weighted by molar-refractivity contribution is -0.118. The van der Waals surface area contributed by atoms with E-state index >= 15 is 0 Å². The highest BCUT2D eigenvalue weighted by Gasteiger charge is 2.25. The lowest BCUT2D eigenvalue weighted by Crippen LogP contribution is -2.16. The summed E-state index contributed by atoms with van der Waals surface area (Å²) in [5.41, 5.74) is 0. The van der Waals surface area contributed by atoms with Crippen LogP contribution in [0.15, 0.2) is 24.3 Å². The van der Waals surface area contributed by atoms with Gasteiger partial charge in [0, 0.05) is 19.2 Å². The Kier molecular flexibility index (Phi) is 5.82. The Bertz CT molecular complexity index is 437. The zero-order valence-corrected chi connectivity index (χ0v) is 11.7. The van der Waals surface area contributed by atoms with Gasteiger partial charge in [-0.15, -0.1) is 0 Å². The molecule has 0 N–H and O–H groups in total. The minimum Gasteiger partial charge on any atom is -0.486 e. The molecule has 0 aliphatic carbocycles. The zero-order chi connectivity index (χ0) is 13.6. The Labute approximate surface area is 111 Å². The molecule has 0 amide bonds. The van der Waals surface area contributed by atoms with Gasteiger partial charge in [0.2, 0.25) is 0 Å². The first-order chi connectivity index (χ1) is 8.49. The van der Waals surface area contributed by atoms with E-state index in [4.69, 9.17) is 16.3 Å². The molecule has 0 atom stereocenters. The van der Waals surface area contributed by atoms with Gasteiger partial charge in [-0.25, -0.2) is 0 Å². The van der Waals surface area contributed by atoms with Crippen molar-refractivity contribution >= 4 is 25.0 Å².